The Bertz CT molecular complexity index is 716. The number of rotatable bonds is 3. The van der Waals surface area contributed by atoms with Crippen LogP contribution in [0.5, 0.6) is 0 Å². The van der Waals surface area contributed by atoms with Gasteiger partial charge in [-0.3, -0.25) is 0 Å². The van der Waals surface area contributed by atoms with Crippen molar-refractivity contribution in [1.82, 2.24) is 4.98 Å². The zero-order valence-corrected chi connectivity index (χ0v) is 13.5. The predicted molar refractivity (Wildman–Crippen MR) is 91.2 cm³/mol. The first-order valence-electron chi connectivity index (χ1n) is 7.51. The third-order valence-electron chi connectivity index (χ3n) is 4.11. The summed E-state index contributed by atoms with van der Waals surface area (Å²) in [5.74, 6) is 0. The number of aryl methyl sites for hydroxylation is 2. The second kappa shape index (κ2) is 5.52. The molecule has 2 N–H and O–H groups in total. The Hall–Kier alpha value is -1.23. The fraction of sp³-hybridized carbons (Fsp3) is 0.353. The fourth-order valence-corrected chi connectivity index (χ4v) is 5.28. The highest BCUT2D eigenvalue weighted by Gasteiger charge is 2.18. The molecule has 1 aliphatic carbocycles. The number of nitrogens with two attached hydrogens (primary N) is 1. The Kier molecular flexibility index (Phi) is 3.53. The molecule has 1 aliphatic rings. The number of nitrogens with zero attached hydrogens (tertiary/aromatic N) is 1. The minimum absolute atomic E-state index is 0.0844. The molecule has 0 fully saturated rings. The van der Waals surface area contributed by atoms with Crippen molar-refractivity contribution >= 4 is 32.9 Å². The van der Waals surface area contributed by atoms with Crippen LogP contribution in [0.3, 0.4) is 0 Å². The summed E-state index contributed by atoms with van der Waals surface area (Å²) < 4.78 is 1.25. The van der Waals surface area contributed by atoms with Crippen LogP contribution in [0.1, 0.15) is 39.2 Å². The lowest BCUT2D eigenvalue weighted by Crippen LogP contribution is -2.11. The van der Waals surface area contributed by atoms with Crippen LogP contribution in [0.25, 0.3) is 10.2 Å². The van der Waals surface area contributed by atoms with Gasteiger partial charge in [0.2, 0.25) is 0 Å². The van der Waals surface area contributed by atoms with E-state index in [2.05, 4.69) is 24.3 Å². The standard InChI is InChI=1S/C17H18N2S2/c18-12(16-9-11-5-1-3-7-14(11)20-16)10-17-19-13-6-2-4-8-15(13)21-17/h2,4,6,8-9,12H,1,3,5,7,10,18H2. The van der Waals surface area contributed by atoms with Crippen molar-refractivity contribution < 1.29 is 0 Å². The van der Waals surface area contributed by atoms with E-state index in [4.69, 9.17) is 10.7 Å². The maximum Gasteiger partial charge on any atom is 0.0957 e. The second-order valence-corrected chi connectivity index (χ2v) is 7.97. The van der Waals surface area contributed by atoms with E-state index >= 15 is 0 Å². The first kappa shape index (κ1) is 13.4. The van der Waals surface area contributed by atoms with Crippen molar-refractivity contribution in [3.63, 3.8) is 0 Å². The maximum absolute atomic E-state index is 6.44. The van der Waals surface area contributed by atoms with E-state index in [9.17, 15) is 0 Å². The highest BCUT2D eigenvalue weighted by atomic mass is 32.1. The van der Waals surface area contributed by atoms with E-state index in [1.54, 1.807) is 21.8 Å². The molecular weight excluding hydrogens is 296 g/mol. The van der Waals surface area contributed by atoms with Crippen LogP contribution < -0.4 is 5.73 Å². The molecule has 0 saturated carbocycles. The van der Waals surface area contributed by atoms with E-state index in [1.807, 2.05) is 17.4 Å². The van der Waals surface area contributed by atoms with E-state index in [1.165, 1.54) is 35.3 Å². The van der Waals surface area contributed by atoms with Crippen LogP contribution in [-0.4, -0.2) is 4.98 Å². The van der Waals surface area contributed by atoms with Crippen LogP contribution in [-0.2, 0) is 19.3 Å². The number of para-hydroxylation sites is 1. The normalized spacial score (nSPS) is 16.0. The van der Waals surface area contributed by atoms with Gasteiger partial charge >= 0.3 is 0 Å². The highest BCUT2D eigenvalue weighted by molar-refractivity contribution is 7.18. The highest BCUT2D eigenvalue weighted by Crippen LogP contribution is 2.34. The first-order chi connectivity index (χ1) is 10.3. The van der Waals surface area contributed by atoms with E-state index in [0.717, 1.165) is 16.9 Å². The summed E-state index contributed by atoms with van der Waals surface area (Å²) >= 11 is 3.69. The van der Waals surface area contributed by atoms with Gasteiger partial charge in [0, 0.05) is 22.2 Å². The molecule has 1 unspecified atom stereocenters. The topological polar surface area (TPSA) is 38.9 Å². The second-order valence-electron chi connectivity index (χ2n) is 5.69. The Morgan fingerprint density at radius 3 is 2.86 bits per heavy atom. The molecule has 0 saturated heterocycles. The Balaban J connectivity index is 1.57. The number of hydrogen-bond donors (Lipinski definition) is 1. The van der Waals surface area contributed by atoms with Gasteiger partial charge in [-0.05, 0) is 49.4 Å². The molecule has 0 aliphatic heterocycles. The van der Waals surface area contributed by atoms with E-state index in [-0.39, 0.29) is 6.04 Å². The van der Waals surface area contributed by atoms with Gasteiger partial charge in [0.15, 0.2) is 0 Å². The smallest absolute Gasteiger partial charge is 0.0957 e. The number of thiazole rings is 1. The molecule has 0 bridgehead atoms. The molecule has 2 heterocycles. The van der Waals surface area contributed by atoms with E-state index in [0.29, 0.717) is 0 Å². The van der Waals surface area contributed by atoms with Gasteiger partial charge in [0.1, 0.15) is 0 Å². The summed E-state index contributed by atoms with van der Waals surface area (Å²) in [5.41, 5.74) is 9.07. The molecule has 3 aromatic rings. The van der Waals surface area contributed by atoms with Crippen molar-refractivity contribution in [2.45, 2.75) is 38.1 Å². The van der Waals surface area contributed by atoms with Crippen molar-refractivity contribution in [3.8, 4) is 0 Å². The van der Waals surface area contributed by atoms with Crippen molar-refractivity contribution in [1.29, 1.82) is 0 Å². The molecule has 2 nitrogen and oxygen atoms in total. The van der Waals surface area contributed by atoms with Crippen LogP contribution in [0.2, 0.25) is 0 Å². The van der Waals surface area contributed by atoms with E-state index < -0.39 is 0 Å². The molecule has 1 aromatic carbocycles. The molecule has 0 amide bonds. The van der Waals surface area contributed by atoms with Crippen LogP contribution >= 0.6 is 22.7 Å². The zero-order valence-electron chi connectivity index (χ0n) is 11.8. The van der Waals surface area contributed by atoms with Crippen LogP contribution in [0.4, 0.5) is 0 Å². The van der Waals surface area contributed by atoms with Crippen LogP contribution in [0, 0.1) is 0 Å². The number of aromatic nitrogens is 1. The number of hydrogen-bond acceptors (Lipinski definition) is 4. The van der Waals surface area contributed by atoms with Gasteiger partial charge in [-0.1, -0.05) is 12.1 Å². The summed E-state index contributed by atoms with van der Waals surface area (Å²) in [6.45, 7) is 0. The zero-order chi connectivity index (χ0) is 14.2. The summed E-state index contributed by atoms with van der Waals surface area (Å²) in [5, 5.41) is 1.15. The SMILES string of the molecule is NC(Cc1nc2ccccc2s1)c1cc2c(s1)CCCC2. The number of benzene rings is 1. The van der Waals surface area contributed by atoms with Crippen molar-refractivity contribution in [2.75, 3.05) is 0 Å². The predicted octanol–water partition coefficient (Wildman–Crippen LogP) is 4.48. The number of fused-ring (bicyclic) bond motifs is 2. The summed E-state index contributed by atoms with van der Waals surface area (Å²) in [6.07, 6.45) is 5.99. The van der Waals surface area contributed by atoms with Gasteiger partial charge in [0.25, 0.3) is 0 Å². The minimum atomic E-state index is 0.0844. The third-order valence-corrected chi connectivity index (χ3v) is 6.54. The Labute approximate surface area is 132 Å². The van der Waals surface area contributed by atoms with Gasteiger partial charge in [-0.15, -0.1) is 22.7 Å². The summed E-state index contributed by atoms with van der Waals surface area (Å²) in [6, 6.07) is 10.7. The lowest BCUT2D eigenvalue weighted by Gasteiger charge is -2.08. The lowest BCUT2D eigenvalue weighted by molar-refractivity contribution is 0.695. The summed E-state index contributed by atoms with van der Waals surface area (Å²) in [4.78, 5) is 7.60. The van der Waals surface area contributed by atoms with Gasteiger partial charge < -0.3 is 5.73 Å². The molecule has 0 spiro atoms. The quantitative estimate of drug-likeness (QED) is 0.774. The summed E-state index contributed by atoms with van der Waals surface area (Å²) in [7, 11) is 0. The molecule has 108 valence electrons. The molecule has 1 atom stereocenters. The Morgan fingerprint density at radius 2 is 2.00 bits per heavy atom. The molecule has 21 heavy (non-hydrogen) atoms. The van der Waals surface area contributed by atoms with Gasteiger partial charge in [-0.25, -0.2) is 4.98 Å². The van der Waals surface area contributed by atoms with Gasteiger partial charge in [0.05, 0.1) is 15.2 Å². The Morgan fingerprint density at radius 1 is 1.14 bits per heavy atom. The minimum Gasteiger partial charge on any atom is -0.323 e. The average Bonchev–Trinajstić information content (AvgIpc) is 3.10. The molecule has 4 rings (SSSR count). The largest absolute Gasteiger partial charge is 0.323 e. The molecule has 2 aromatic heterocycles. The van der Waals surface area contributed by atoms with Crippen molar-refractivity contribution in [2.24, 2.45) is 5.73 Å². The molecule has 4 heteroatoms. The molecular formula is C17H18N2S2. The van der Waals surface area contributed by atoms with Gasteiger partial charge in [-0.2, -0.15) is 0 Å². The fourth-order valence-electron chi connectivity index (χ4n) is 2.99. The monoisotopic (exact) mass is 314 g/mol. The number of thiophene rings is 1. The van der Waals surface area contributed by atoms with Crippen LogP contribution in [0.15, 0.2) is 30.3 Å². The average molecular weight is 314 g/mol. The first-order valence-corrected chi connectivity index (χ1v) is 9.14. The molecule has 0 radical (unpaired) electrons. The lowest BCUT2D eigenvalue weighted by atomic mass is 9.98. The third kappa shape index (κ3) is 2.63. The van der Waals surface area contributed by atoms with Crippen molar-refractivity contribution in [3.05, 3.63) is 50.7 Å². The maximum atomic E-state index is 6.44.